The van der Waals surface area contributed by atoms with Crippen molar-refractivity contribution in [3.63, 3.8) is 0 Å². The van der Waals surface area contributed by atoms with E-state index in [4.69, 9.17) is 5.11 Å². The number of rotatable bonds is 3. The third-order valence-corrected chi connectivity index (χ3v) is 2.69. The molecule has 0 spiro atoms. The molecule has 0 saturated carbocycles. The number of carbonyl (C=O) groups is 2. The van der Waals surface area contributed by atoms with Crippen LogP contribution in [-0.4, -0.2) is 22.0 Å². The van der Waals surface area contributed by atoms with Crippen LogP contribution in [0.2, 0.25) is 0 Å². The predicted octanol–water partition coefficient (Wildman–Crippen LogP) is 2.34. The second kappa shape index (κ2) is 5.30. The molecule has 2 rings (SSSR count). The van der Waals surface area contributed by atoms with Crippen molar-refractivity contribution >= 4 is 17.6 Å². The van der Waals surface area contributed by atoms with Crippen molar-refractivity contribution in [1.82, 2.24) is 4.98 Å². The van der Waals surface area contributed by atoms with Gasteiger partial charge in [0.05, 0.1) is 17.4 Å². The van der Waals surface area contributed by atoms with Gasteiger partial charge in [-0.15, -0.1) is 0 Å². The van der Waals surface area contributed by atoms with E-state index < -0.39 is 5.97 Å². The van der Waals surface area contributed by atoms with E-state index in [1.807, 2.05) is 19.1 Å². The van der Waals surface area contributed by atoms with Gasteiger partial charge in [-0.25, -0.2) is 4.79 Å². The Morgan fingerprint density at radius 2 is 1.89 bits per heavy atom. The van der Waals surface area contributed by atoms with Crippen molar-refractivity contribution in [2.24, 2.45) is 0 Å². The zero-order chi connectivity index (χ0) is 13.8. The summed E-state index contributed by atoms with van der Waals surface area (Å²) in [7, 11) is 0. The van der Waals surface area contributed by atoms with Gasteiger partial charge in [0.1, 0.15) is 0 Å². The Bertz CT molecular complexity index is 638. The molecule has 1 aromatic heterocycles. The van der Waals surface area contributed by atoms with Crippen LogP contribution in [-0.2, 0) is 0 Å². The van der Waals surface area contributed by atoms with Crippen molar-refractivity contribution in [2.75, 3.05) is 5.32 Å². The van der Waals surface area contributed by atoms with Gasteiger partial charge >= 0.3 is 5.97 Å². The van der Waals surface area contributed by atoms with Crippen LogP contribution < -0.4 is 5.32 Å². The topological polar surface area (TPSA) is 79.3 Å². The van der Waals surface area contributed by atoms with Crippen molar-refractivity contribution in [2.45, 2.75) is 6.92 Å². The van der Waals surface area contributed by atoms with E-state index in [0.717, 1.165) is 5.56 Å². The third-order valence-electron chi connectivity index (χ3n) is 2.69. The molecule has 0 fully saturated rings. The Hall–Kier alpha value is -2.69. The van der Waals surface area contributed by atoms with E-state index in [0.29, 0.717) is 5.56 Å². The number of carbonyl (C=O) groups excluding carboxylic acids is 1. The van der Waals surface area contributed by atoms with Crippen molar-refractivity contribution < 1.29 is 14.7 Å². The van der Waals surface area contributed by atoms with Crippen LogP contribution in [0.4, 0.5) is 5.69 Å². The fraction of sp³-hybridized carbons (Fsp3) is 0.0714. The Labute approximate surface area is 109 Å². The number of hydrogen-bond donors (Lipinski definition) is 2. The van der Waals surface area contributed by atoms with E-state index in [9.17, 15) is 9.59 Å². The molecule has 96 valence electrons. The van der Waals surface area contributed by atoms with E-state index in [1.165, 1.54) is 18.5 Å². The first-order chi connectivity index (χ1) is 9.09. The SMILES string of the molecule is Cc1ccccc1C(=O)Nc1cnccc1C(=O)O. The lowest BCUT2D eigenvalue weighted by Gasteiger charge is -2.09. The Morgan fingerprint density at radius 1 is 1.16 bits per heavy atom. The predicted molar refractivity (Wildman–Crippen MR) is 70.3 cm³/mol. The first kappa shape index (κ1) is 12.8. The third kappa shape index (κ3) is 2.77. The molecule has 0 aliphatic heterocycles. The molecule has 0 aliphatic rings. The Balaban J connectivity index is 2.30. The molecule has 5 heteroatoms. The number of aryl methyl sites for hydroxylation is 1. The summed E-state index contributed by atoms with van der Waals surface area (Å²) in [6, 6.07) is 8.43. The molecule has 2 aromatic rings. The average Bonchev–Trinajstić information content (AvgIpc) is 2.39. The number of benzene rings is 1. The molecular weight excluding hydrogens is 244 g/mol. The van der Waals surface area contributed by atoms with Gasteiger partial charge in [0, 0.05) is 11.8 Å². The quantitative estimate of drug-likeness (QED) is 0.883. The fourth-order valence-corrected chi connectivity index (χ4v) is 1.70. The van der Waals surface area contributed by atoms with Crippen LogP contribution in [0.5, 0.6) is 0 Å². The molecule has 5 nitrogen and oxygen atoms in total. The molecule has 19 heavy (non-hydrogen) atoms. The molecule has 0 unspecified atom stereocenters. The molecule has 2 N–H and O–H groups in total. The van der Waals surface area contributed by atoms with Gasteiger partial charge < -0.3 is 10.4 Å². The highest BCUT2D eigenvalue weighted by Crippen LogP contribution is 2.16. The number of nitrogens with zero attached hydrogens (tertiary/aromatic N) is 1. The van der Waals surface area contributed by atoms with E-state index in [-0.39, 0.29) is 17.2 Å². The maximum absolute atomic E-state index is 12.1. The van der Waals surface area contributed by atoms with Crippen molar-refractivity contribution in [3.05, 3.63) is 59.4 Å². The van der Waals surface area contributed by atoms with Crippen LogP contribution in [0.1, 0.15) is 26.3 Å². The molecule has 0 saturated heterocycles. The van der Waals surface area contributed by atoms with Gasteiger partial charge in [-0.3, -0.25) is 9.78 Å². The van der Waals surface area contributed by atoms with Crippen LogP contribution in [0, 0.1) is 6.92 Å². The average molecular weight is 256 g/mol. The summed E-state index contributed by atoms with van der Waals surface area (Å²) < 4.78 is 0. The highest BCUT2D eigenvalue weighted by Gasteiger charge is 2.14. The van der Waals surface area contributed by atoms with Gasteiger partial charge in [-0.1, -0.05) is 18.2 Å². The zero-order valence-electron chi connectivity index (χ0n) is 10.3. The van der Waals surface area contributed by atoms with Crippen molar-refractivity contribution in [3.8, 4) is 0 Å². The number of aromatic nitrogens is 1. The number of carboxylic acid groups (broad SMARTS) is 1. The summed E-state index contributed by atoms with van der Waals surface area (Å²) in [5.74, 6) is -1.46. The number of carboxylic acids is 1. The summed E-state index contributed by atoms with van der Waals surface area (Å²) >= 11 is 0. The lowest BCUT2D eigenvalue weighted by molar-refractivity contribution is 0.0698. The number of aromatic carboxylic acids is 1. The molecule has 0 aliphatic carbocycles. The van der Waals surface area contributed by atoms with Gasteiger partial charge in [0.15, 0.2) is 0 Å². The lowest BCUT2D eigenvalue weighted by atomic mass is 10.1. The van der Waals surface area contributed by atoms with Gasteiger partial charge in [0.2, 0.25) is 0 Å². The second-order valence-corrected chi connectivity index (χ2v) is 4.00. The van der Waals surface area contributed by atoms with Gasteiger partial charge in [-0.05, 0) is 24.6 Å². The summed E-state index contributed by atoms with van der Waals surface area (Å²) in [5, 5.41) is 11.6. The summed E-state index contributed by atoms with van der Waals surface area (Å²) in [6.07, 6.45) is 2.69. The molecule has 1 amide bonds. The first-order valence-corrected chi connectivity index (χ1v) is 5.64. The standard InChI is InChI=1S/C14H12N2O3/c1-9-4-2-3-5-10(9)13(17)16-12-8-15-7-6-11(12)14(18)19/h2-8H,1H3,(H,16,17)(H,18,19). The van der Waals surface area contributed by atoms with Gasteiger partial charge in [-0.2, -0.15) is 0 Å². The van der Waals surface area contributed by atoms with Crippen molar-refractivity contribution in [1.29, 1.82) is 0 Å². The maximum Gasteiger partial charge on any atom is 0.337 e. The minimum absolute atomic E-state index is 0.0111. The second-order valence-electron chi connectivity index (χ2n) is 4.00. The van der Waals surface area contributed by atoms with Crippen LogP contribution >= 0.6 is 0 Å². The number of nitrogens with one attached hydrogen (secondary N) is 1. The minimum atomic E-state index is -1.11. The first-order valence-electron chi connectivity index (χ1n) is 5.64. The minimum Gasteiger partial charge on any atom is -0.478 e. The summed E-state index contributed by atoms with van der Waals surface area (Å²) in [5.41, 5.74) is 1.52. The molecule has 0 atom stereocenters. The number of amides is 1. The molecule has 1 heterocycles. The molecule has 0 bridgehead atoms. The molecular formula is C14H12N2O3. The Kier molecular flexibility index (Phi) is 3.56. The monoisotopic (exact) mass is 256 g/mol. The summed E-state index contributed by atoms with van der Waals surface area (Å²) in [4.78, 5) is 26.9. The Morgan fingerprint density at radius 3 is 2.58 bits per heavy atom. The smallest absolute Gasteiger partial charge is 0.337 e. The van der Waals surface area contributed by atoms with Crippen LogP contribution in [0.3, 0.4) is 0 Å². The lowest BCUT2D eigenvalue weighted by Crippen LogP contribution is -2.16. The fourth-order valence-electron chi connectivity index (χ4n) is 1.70. The normalized spacial score (nSPS) is 9.95. The highest BCUT2D eigenvalue weighted by atomic mass is 16.4. The summed E-state index contributed by atoms with van der Waals surface area (Å²) in [6.45, 7) is 1.82. The van der Waals surface area contributed by atoms with E-state index >= 15 is 0 Å². The zero-order valence-corrected chi connectivity index (χ0v) is 10.3. The molecule has 0 radical (unpaired) electrons. The largest absolute Gasteiger partial charge is 0.478 e. The maximum atomic E-state index is 12.1. The van der Waals surface area contributed by atoms with E-state index in [1.54, 1.807) is 12.1 Å². The number of anilines is 1. The molecule has 1 aromatic carbocycles. The van der Waals surface area contributed by atoms with E-state index in [2.05, 4.69) is 10.3 Å². The van der Waals surface area contributed by atoms with Gasteiger partial charge in [0.25, 0.3) is 5.91 Å². The highest BCUT2D eigenvalue weighted by molar-refractivity contribution is 6.08. The number of hydrogen-bond acceptors (Lipinski definition) is 3. The number of pyridine rings is 1. The van der Waals surface area contributed by atoms with Crippen LogP contribution in [0.15, 0.2) is 42.7 Å². The van der Waals surface area contributed by atoms with Crippen LogP contribution in [0.25, 0.3) is 0 Å².